The van der Waals surface area contributed by atoms with Crippen LogP contribution in [0.1, 0.15) is 53.8 Å². The molecule has 0 radical (unpaired) electrons. The van der Waals surface area contributed by atoms with E-state index in [2.05, 4.69) is 28.9 Å². The minimum atomic E-state index is -0.531. The molecule has 2 amide bonds. The molecule has 3 aromatic carbocycles. The standard InChI is InChI=1S/C39H38ClN3O5/c1-2-21-47-32-14-15-36-33(24-32)35(44)25-37(48-36)39(46)41-31(22-27-10-12-30(40)13-11-27)23-28-16-19-42(20-17-28)34-8-4-3-7-29(34)26-43-18-6-5-9-38(43)45/h2-4,7-8,10-15,22-25H,1,5-6,9,16-21,26H2,(H,41,46)/b31-22-. The molecule has 3 heterocycles. The zero-order chi connectivity index (χ0) is 33.5. The zero-order valence-corrected chi connectivity index (χ0v) is 27.5. The van der Waals surface area contributed by atoms with E-state index >= 15 is 0 Å². The largest absolute Gasteiger partial charge is 0.490 e. The third kappa shape index (κ3) is 8.06. The second-order valence-electron chi connectivity index (χ2n) is 12.0. The van der Waals surface area contributed by atoms with Crippen molar-refractivity contribution in [2.45, 2.75) is 38.6 Å². The Labute approximate surface area is 284 Å². The number of carbonyl (C=O) groups excluding carboxylic acids is 2. The molecule has 9 heteroatoms. The van der Waals surface area contributed by atoms with Crippen molar-refractivity contribution in [2.24, 2.45) is 0 Å². The summed E-state index contributed by atoms with van der Waals surface area (Å²) in [7, 11) is 0. The Morgan fingerprint density at radius 1 is 0.958 bits per heavy atom. The molecular weight excluding hydrogens is 626 g/mol. The molecule has 6 rings (SSSR count). The maximum absolute atomic E-state index is 13.5. The molecule has 4 aromatic rings. The predicted molar refractivity (Wildman–Crippen MR) is 190 cm³/mol. The number of nitrogens with zero attached hydrogens (tertiary/aromatic N) is 2. The van der Waals surface area contributed by atoms with Crippen LogP contribution >= 0.6 is 11.6 Å². The Kier molecular flexibility index (Phi) is 10.4. The summed E-state index contributed by atoms with van der Waals surface area (Å²) in [4.78, 5) is 43.3. The number of hydrogen-bond donors (Lipinski definition) is 1. The molecule has 0 unspecified atom stereocenters. The van der Waals surface area contributed by atoms with Crippen molar-refractivity contribution in [3.8, 4) is 5.75 Å². The van der Waals surface area contributed by atoms with Crippen molar-refractivity contribution in [3.05, 3.63) is 135 Å². The Morgan fingerprint density at radius 2 is 1.75 bits per heavy atom. The molecule has 2 aliphatic rings. The number of piperidine rings is 2. The number of allylic oxidation sites excluding steroid dienone is 1. The van der Waals surface area contributed by atoms with Gasteiger partial charge in [0.15, 0.2) is 11.2 Å². The van der Waals surface area contributed by atoms with Crippen LogP contribution in [0.25, 0.3) is 17.0 Å². The maximum atomic E-state index is 13.5. The Morgan fingerprint density at radius 3 is 2.52 bits per heavy atom. The summed E-state index contributed by atoms with van der Waals surface area (Å²) in [6, 6.07) is 21.8. The topological polar surface area (TPSA) is 92.1 Å². The van der Waals surface area contributed by atoms with Crippen LogP contribution in [0.5, 0.6) is 5.75 Å². The van der Waals surface area contributed by atoms with Gasteiger partial charge in [-0.25, -0.2) is 0 Å². The van der Waals surface area contributed by atoms with Gasteiger partial charge in [0.05, 0.1) is 5.39 Å². The average molecular weight is 664 g/mol. The van der Waals surface area contributed by atoms with Gasteiger partial charge in [-0.05, 0) is 85.4 Å². The van der Waals surface area contributed by atoms with Crippen LogP contribution in [0.4, 0.5) is 5.69 Å². The van der Waals surface area contributed by atoms with Gasteiger partial charge in [-0.3, -0.25) is 14.4 Å². The molecule has 1 N–H and O–H groups in total. The minimum Gasteiger partial charge on any atom is -0.490 e. The summed E-state index contributed by atoms with van der Waals surface area (Å²) < 4.78 is 11.4. The van der Waals surface area contributed by atoms with Crippen molar-refractivity contribution in [3.63, 3.8) is 0 Å². The Bertz CT molecular complexity index is 1940. The van der Waals surface area contributed by atoms with E-state index in [1.54, 1.807) is 36.4 Å². The first-order valence-corrected chi connectivity index (χ1v) is 16.6. The Hall–Kier alpha value is -5.08. The lowest BCUT2D eigenvalue weighted by Crippen LogP contribution is -2.36. The lowest BCUT2D eigenvalue weighted by molar-refractivity contribution is -0.133. The van der Waals surface area contributed by atoms with Gasteiger partial charge < -0.3 is 24.3 Å². The van der Waals surface area contributed by atoms with E-state index in [4.69, 9.17) is 20.8 Å². The number of anilines is 1. The third-order valence-corrected chi connectivity index (χ3v) is 8.87. The normalized spacial score (nSPS) is 15.4. The smallest absolute Gasteiger partial charge is 0.291 e. The highest BCUT2D eigenvalue weighted by molar-refractivity contribution is 6.30. The number of ether oxygens (including phenoxy) is 1. The average Bonchev–Trinajstić information content (AvgIpc) is 3.10. The summed E-state index contributed by atoms with van der Waals surface area (Å²) in [5.41, 5.74) is 4.88. The number of carbonyl (C=O) groups is 2. The second-order valence-corrected chi connectivity index (χ2v) is 12.5. The van der Waals surface area contributed by atoms with Gasteiger partial charge in [0.1, 0.15) is 17.9 Å². The first-order chi connectivity index (χ1) is 23.4. The van der Waals surface area contributed by atoms with Crippen molar-refractivity contribution >= 4 is 46.1 Å². The lowest BCUT2D eigenvalue weighted by atomic mass is 10.00. The van der Waals surface area contributed by atoms with Crippen molar-refractivity contribution in [1.82, 2.24) is 10.2 Å². The SMILES string of the molecule is C=CCOc1ccc2oc(C(=O)N/C(C=C3CCN(c4ccccc4CN4CCCCC4=O)CC3)=C\c3ccc(Cl)cc3)cc(=O)c2c1. The fourth-order valence-electron chi connectivity index (χ4n) is 6.12. The van der Waals surface area contributed by atoms with E-state index < -0.39 is 5.91 Å². The van der Waals surface area contributed by atoms with Gasteiger partial charge in [-0.2, -0.15) is 0 Å². The van der Waals surface area contributed by atoms with Crippen molar-refractivity contribution in [2.75, 3.05) is 31.1 Å². The predicted octanol–water partition coefficient (Wildman–Crippen LogP) is 7.52. The first kappa shape index (κ1) is 32.8. The molecule has 246 valence electrons. The molecule has 48 heavy (non-hydrogen) atoms. The summed E-state index contributed by atoms with van der Waals surface area (Å²) in [6.45, 7) is 6.99. The van der Waals surface area contributed by atoms with E-state index in [0.29, 0.717) is 41.4 Å². The van der Waals surface area contributed by atoms with Crippen LogP contribution < -0.4 is 20.4 Å². The molecule has 0 spiro atoms. The van der Waals surface area contributed by atoms with Gasteiger partial charge in [-0.1, -0.05) is 60.2 Å². The number of benzene rings is 3. The quantitative estimate of drug-likeness (QED) is 0.177. The van der Waals surface area contributed by atoms with Crippen molar-refractivity contribution in [1.29, 1.82) is 0 Å². The minimum absolute atomic E-state index is 0.0914. The molecule has 2 aliphatic heterocycles. The van der Waals surface area contributed by atoms with Gasteiger partial charge in [-0.15, -0.1) is 0 Å². The van der Waals surface area contributed by atoms with Crippen LogP contribution in [-0.4, -0.2) is 43.0 Å². The van der Waals surface area contributed by atoms with Crippen LogP contribution in [0.15, 0.2) is 112 Å². The molecule has 2 fully saturated rings. The number of amides is 2. The summed E-state index contributed by atoms with van der Waals surface area (Å²) in [6.07, 6.45) is 9.74. The van der Waals surface area contributed by atoms with E-state index in [-0.39, 0.29) is 22.7 Å². The summed E-state index contributed by atoms with van der Waals surface area (Å²) in [5, 5.41) is 3.91. The number of likely N-dealkylation sites (tertiary alicyclic amines) is 1. The van der Waals surface area contributed by atoms with Gasteiger partial charge in [0.2, 0.25) is 5.91 Å². The van der Waals surface area contributed by atoms with E-state index in [0.717, 1.165) is 62.1 Å². The number of halogens is 1. The molecule has 0 aliphatic carbocycles. The van der Waals surface area contributed by atoms with Gasteiger partial charge in [0, 0.05) is 55.1 Å². The highest BCUT2D eigenvalue weighted by Crippen LogP contribution is 2.29. The number of rotatable bonds is 10. The molecule has 0 saturated carbocycles. The highest BCUT2D eigenvalue weighted by atomic mass is 35.5. The van der Waals surface area contributed by atoms with Gasteiger partial charge in [0.25, 0.3) is 5.91 Å². The van der Waals surface area contributed by atoms with E-state index in [1.807, 2.05) is 41.3 Å². The second kappa shape index (κ2) is 15.2. The molecule has 2 saturated heterocycles. The monoisotopic (exact) mass is 663 g/mol. The lowest BCUT2D eigenvalue weighted by Gasteiger charge is -2.34. The van der Waals surface area contributed by atoms with Crippen LogP contribution in [0.2, 0.25) is 5.02 Å². The fourth-order valence-corrected chi connectivity index (χ4v) is 6.25. The number of nitrogens with one attached hydrogen (secondary N) is 1. The van der Waals surface area contributed by atoms with Crippen LogP contribution in [-0.2, 0) is 11.3 Å². The third-order valence-electron chi connectivity index (χ3n) is 8.62. The fraction of sp³-hybridized carbons (Fsp3) is 0.256. The number of fused-ring (bicyclic) bond motifs is 1. The first-order valence-electron chi connectivity index (χ1n) is 16.3. The Balaban J connectivity index is 1.20. The molecule has 1 aromatic heterocycles. The van der Waals surface area contributed by atoms with Crippen molar-refractivity contribution < 1.29 is 18.7 Å². The highest BCUT2D eigenvalue weighted by Gasteiger charge is 2.22. The molecule has 0 bridgehead atoms. The number of hydrogen-bond acceptors (Lipinski definition) is 6. The summed E-state index contributed by atoms with van der Waals surface area (Å²) >= 11 is 6.12. The number of para-hydroxylation sites is 1. The molecular formula is C39H38ClN3O5. The van der Waals surface area contributed by atoms with Gasteiger partial charge >= 0.3 is 0 Å². The molecule has 0 atom stereocenters. The molecule has 8 nitrogen and oxygen atoms in total. The van der Waals surface area contributed by atoms with Crippen LogP contribution in [0.3, 0.4) is 0 Å². The zero-order valence-electron chi connectivity index (χ0n) is 26.8. The maximum Gasteiger partial charge on any atom is 0.291 e. The summed E-state index contributed by atoms with van der Waals surface area (Å²) in [5.74, 6) is 0.120. The van der Waals surface area contributed by atoms with E-state index in [1.165, 1.54) is 11.6 Å². The van der Waals surface area contributed by atoms with E-state index in [9.17, 15) is 14.4 Å². The van der Waals surface area contributed by atoms with Crippen LogP contribution in [0, 0.1) is 0 Å².